The molecule has 0 N–H and O–H groups in total. The number of carbonyl (C=O) groups is 8. The molecule has 1 aromatic carbocycles. The van der Waals surface area contributed by atoms with Gasteiger partial charge in [0.15, 0.2) is 0 Å². The Morgan fingerprint density at radius 2 is 1.45 bits per heavy atom. The first-order valence-corrected chi connectivity index (χ1v) is 16.6. The zero-order valence-electron chi connectivity index (χ0n) is 28.4. The fourth-order valence-electron chi connectivity index (χ4n) is 9.42. The quantitative estimate of drug-likeness (QED) is 0.146. The number of imide groups is 3. The van der Waals surface area contributed by atoms with E-state index in [2.05, 4.69) is 4.99 Å². The Balaban J connectivity index is 1.49. The molecule has 4 heterocycles. The highest BCUT2D eigenvalue weighted by atomic mass is 16.6. The predicted octanol–water partition coefficient (Wildman–Crippen LogP) is 0.136. The Hall–Kier alpha value is -5.25. The lowest BCUT2D eigenvalue weighted by Gasteiger charge is -2.56. The maximum atomic E-state index is 14.9. The molecular formula is C35H36N4O12. The third kappa shape index (κ3) is 4.78. The van der Waals surface area contributed by atoms with Gasteiger partial charge in [0.1, 0.15) is 18.6 Å². The van der Waals surface area contributed by atoms with Crippen LogP contribution in [-0.2, 0) is 58.9 Å². The normalized spacial score (nSPS) is 33.0. The van der Waals surface area contributed by atoms with Crippen molar-refractivity contribution in [3.63, 3.8) is 0 Å². The average Bonchev–Trinajstić information content (AvgIpc) is 3.64. The van der Waals surface area contributed by atoms with Crippen LogP contribution in [0.3, 0.4) is 0 Å². The van der Waals surface area contributed by atoms with Crippen LogP contribution in [0.5, 0.6) is 0 Å². The molecule has 1 saturated carbocycles. The standard InChI is InChI=1S/C35H36N4O12/c1-16-22-24-18(25-23(16)29(43)38(30(25)44)15-21(41)50-4)12-19-26(31(45)37(28(19)42)14-20(40)49-3)27(24)35(13-17-8-6-5-7-9-17)33(36-10-11-48-2)51-34(47)39(35)32(22)46/h5-9,16,18-19,23,25-27H,10-15H2,1-4H3/t16-,18?,19+,23-,25+,26+,27-,35-/m0/s1. The van der Waals surface area contributed by atoms with Crippen LogP contribution in [0, 0.1) is 41.4 Å². The van der Waals surface area contributed by atoms with E-state index in [1.165, 1.54) is 7.11 Å². The van der Waals surface area contributed by atoms with Crippen molar-refractivity contribution in [1.29, 1.82) is 0 Å². The topological polar surface area (TPSA) is 196 Å². The number of likely N-dealkylation sites (tertiary alicyclic amines) is 2. The van der Waals surface area contributed by atoms with E-state index in [0.717, 1.165) is 28.9 Å². The molecule has 1 aromatic rings. The van der Waals surface area contributed by atoms with Crippen LogP contribution in [-0.4, -0.2) is 121 Å². The summed E-state index contributed by atoms with van der Waals surface area (Å²) in [6.07, 6.45) is -1.23. The molecule has 0 bridgehead atoms. The van der Waals surface area contributed by atoms with Crippen LogP contribution in [0.4, 0.5) is 4.79 Å². The third-order valence-corrected chi connectivity index (χ3v) is 11.4. The first-order chi connectivity index (χ1) is 24.4. The number of hydrogen-bond acceptors (Lipinski definition) is 13. The van der Waals surface area contributed by atoms with Gasteiger partial charge in [-0.15, -0.1) is 0 Å². The zero-order chi connectivity index (χ0) is 36.5. The van der Waals surface area contributed by atoms with Crippen molar-refractivity contribution in [3.05, 3.63) is 47.0 Å². The molecule has 51 heavy (non-hydrogen) atoms. The Bertz CT molecular complexity index is 1840. The van der Waals surface area contributed by atoms with Crippen molar-refractivity contribution in [2.75, 3.05) is 47.6 Å². The number of aliphatic imine (C=N–C) groups is 1. The lowest BCUT2D eigenvalue weighted by Crippen LogP contribution is -2.68. The minimum Gasteiger partial charge on any atom is -0.468 e. The van der Waals surface area contributed by atoms with Crippen molar-refractivity contribution in [3.8, 4) is 0 Å². The summed E-state index contributed by atoms with van der Waals surface area (Å²) in [7, 11) is 3.72. The van der Waals surface area contributed by atoms with Gasteiger partial charge in [0.05, 0.1) is 51.0 Å². The van der Waals surface area contributed by atoms with Gasteiger partial charge in [-0.3, -0.25) is 48.4 Å². The van der Waals surface area contributed by atoms with Crippen LogP contribution in [0.25, 0.3) is 0 Å². The van der Waals surface area contributed by atoms with Crippen molar-refractivity contribution >= 4 is 53.5 Å². The maximum Gasteiger partial charge on any atom is 0.424 e. The molecule has 6 amide bonds. The number of ether oxygens (including phenoxy) is 4. The van der Waals surface area contributed by atoms with Gasteiger partial charge < -0.3 is 18.9 Å². The molecule has 3 saturated heterocycles. The summed E-state index contributed by atoms with van der Waals surface area (Å²) < 4.78 is 20.6. The second-order valence-electron chi connectivity index (χ2n) is 13.6. The first kappa shape index (κ1) is 34.2. The highest BCUT2D eigenvalue weighted by Gasteiger charge is 2.75. The van der Waals surface area contributed by atoms with Gasteiger partial charge in [0.2, 0.25) is 29.5 Å². The molecule has 1 unspecified atom stereocenters. The molecule has 0 spiro atoms. The number of cyclic esters (lactones) is 1. The van der Waals surface area contributed by atoms with E-state index in [1.807, 2.05) is 0 Å². The summed E-state index contributed by atoms with van der Waals surface area (Å²) in [5.74, 6) is -12.9. The second kappa shape index (κ2) is 12.5. The van der Waals surface area contributed by atoms with E-state index in [9.17, 15) is 38.4 Å². The fourth-order valence-corrected chi connectivity index (χ4v) is 9.42. The van der Waals surface area contributed by atoms with Gasteiger partial charge in [0, 0.05) is 25.0 Å². The molecule has 16 heteroatoms. The number of hydrogen-bond donors (Lipinski definition) is 0. The SMILES string of the molecule is COCCN=C1OC(=O)N2C(=O)C3=C4C(C[C@H]5C(=O)N(CC(=O)OC)C(=O)[C@H]5[C@H]4[C@@]12Cc1ccccc1)[C@H]1C(=O)N(CC(=O)OC)C(=O)[C@H]1[C@H]3C. The van der Waals surface area contributed by atoms with Crippen molar-refractivity contribution in [2.45, 2.75) is 25.3 Å². The number of benzene rings is 1. The van der Waals surface area contributed by atoms with E-state index in [4.69, 9.17) is 18.9 Å². The van der Waals surface area contributed by atoms with E-state index in [-0.39, 0.29) is 37.5 Å². The van der Waals surface area contributed by atoms with Crippen LogP contribution >= 0.6 is 0 Å². The van der Waals surface area contributed by atoms with Gasteiger partial charge in [0.25, 0.3) is 5.91 Å². The fraction of sp³-hybridized carbons (Fsp3) is 0.514. The average molecular weight is 705 g/mol. The number of rotatable bonds is 9. The Labute approximate surface area is 291 Å². The molecule has 0 radical (unpaired) electrons. The molecule has 2 aliphatic carbocycles. The molecular weight excluding hydrogens is 668 g/mol. The first-order valence-electron chi connectivity index (χ1n) is 16.6. The molecule has 268 valence electrons. The van der Waals surface area contributed by atoms with Crippen LogP contribution < -0.4 is 0 Å². The van der Waals surface area contributed by atoms with Crippen LogP contribution in [0.1, 0.15) is 18.9 Å². The molecule has 0 aromatic heterocycles. The Kier molecular flexibility index (Phi) is 8.39. The summed E-state index contributed by atoms with van der Waals surface area (Å²) >= 11 is 0. The summed E-state index contributed by atoms with van der Waals surface area (Å²) in [6, 6.07) is 8.89. The number of nitrogens with zero attached hydrogens (tertiary/aromatic N) is 4. The van der Waals surface area contributed by atoms with E-state index in [0.29, 0.717) is 11.1 Å². The maximum absolute atomic E-state index is 14.9. The monoisotopic (exact) mass is 704 g/mol. The number of fused-ring (bicyclic) bond motifs is 6. The summed E-state index contributed by atoms with van der Waals surface area (Å²) in [5, 5.41) is 0. The summed E-state index contributed by atoms with van der Waals surface area (Å²) in [6.45, 7) is 0.434. The van der Waals surface area contributed by atoms with Crippen molar-refractivity contribution < 1.29 is 57.3 Å². The van der Waals surface area contributed by atoms with E-state index in [1.54, 1.807) is 37.3 Å². The minimum atomic E-state index is -1.79. The van der Waals surface area contributed by atoms with Crippen molar-refractivity contribution in [2.24, 2.45) is 46.4 Å². The third-order valence-electron chi connectivity index (χ3n) is 11.4. The molecule has 16 nitrogen and oxygen atoms in total. The van der Waals surface area contributed by atoms with Gasteiger partial charge in [-0.25, -0.2) is 9.69 Å². The molecule has 4 aliphatic heterocycles. The summed E-state index contributed by atoms with van der Waals surface area (Å²) in [5.41, 5.74) is -0.680. The van der Waals surface area contributed by atoms with Gasteiger partial charge in [-0.1, -0.05) is 42.8 Å². The van der Waals surface area contributed by atoms with Crippen molar-refractivity contribution in [1.82, 2.24) is 14.7 Å². The van der Waals surface area contributed by atoms with Crippen LogP contribution in [0.15, 0.2) is 46.5 Å². The lowest BCUT2D eigenvalue weighted by atomic mass is 9.49. The number of methoxy groups -OCH3 is 3. The Morgan fingerprint density at radius 1 is 0.843 bits per heavy atom. The molecule has 8 atom stereocenters. The largest absolute Gasteiger partial charge is 0.468 e. The van der Waals surface area contributed by atoms with Gasteiger partial charge in [-0.2, -0.15) is 0 Å². The second-order valence-corrected chi connectivity index (χ2v) is 13.6. The van der Waals surface area contributed by atoms with E-state index >= 15 is 0 Å². The van der Waals surface area contributed by atoms with Crippen LogP contribution in [0.2, 0.25) is 0 Å². The van der Waals surface area contributed by atoms with Gasteiger partial charge >= 0.3 is 18.0 Å². The number of carbonyl (C=O) groups excluding carboxylic acids is 8. The molecule has 6 aliphatic rings. The lowest BCUT2D eigenvalue weighted by molar-refractivity contribution is -0.151. The highest BCUT2D eigenvalue weighted by Crippen LogP contribution is 2.64. The van der Waals surface area contributed by atoms with E-state index < -0.39 is 108 Å². The zero-order valence-corrected chi connectivity index (χ0v) is 28.4. The predicted molar refractivity (Wildman–Crippen MR) is 170 cm³/mol. The summed E-state index contributed by atoms with van der Waals surface area (Å²) in [4.78, 5) is 118. The van der Waals surface area contributed by atoms with Gasteiger partial charge in [-0.05, 0) is 23.8 Å². The number of esters is 2. The molecule has 7 rings (SSSR count). The smallest absolute Gasteiger partial charge is 0.424 e. The minimum absolute atomic E-state index is 0.0196. The Morgan fingerprint density at radius 3 is 2.08 bits per heavy atom. The highest BCUT2D eigenvalue weighted by molar-refractivity contribution is 6.19. The molecule has 4 fully saturated rings. The number of amides is 6.